The van der Waals surface area contributed by atoms with Crippen LogP contribution < -0.4 is 5.32 Å². The summed E-state index contributed by atoms with van der Waals surface area (Å²) >= 11 is 0. The summed E-state index contributed by atoms with van der Waals surface area (Å²) in [6, 6.07) is 18.6. The summed E-state index contributed by atoms with van der Waals surface area (Å²) in [7, 11) is 0. The molecule has 3 rings (SSSR count). The highest BCUT2D eigenvalue weighted by molar-refractivity contribution is 5.66. The number of carboxylic acid groups (broad SMARTS) is 1. The second-order valence-electron chi connectivity index (χ2n) is 4.83. The molecule has 0 radical (unpaired) electrons. The van der Waals surface area contributed by atoms with Gasteiger partial charge in [0.1, 0.15) is 11.9 Å². The van der Waals surface area contributed by atoms with Gasteiger partial charge < -0.3 is 15.4 Å². The maximum Gasteiger partial charge on any atom is 0.405 e. The van der Waals surface area contributed by atoms with Crippen LogP contribution in [0.3, 0.4) is 0 Å². The monoisotopic (exact) mass is 293 g/mol. The number of nitrogens with zero attached hydrogens (tertiary/aromatic N) is 1. The first kappa shape index (κ1) is 13.9. The minimum absolute atomic E-state index is 0.531. The van der Waals surface area contributed by atoms with Crippen LogP contribution in [0, 0.1) is 0 Å². The van der Waals surface area contributed by atoms with Crippen LogP contribution in [0.2, 0.25) is 0 Å². The molecule has 1 heterocycles. The lowest BCUT2D eigenvalue weighted by Gasteiger charge is -2.14. The van der Waals surface area contributed by atoms with Crippen molar-refractivity contribution in [1.82, 2.24) is 15.3 Å². The fraction of sp³-hybridized carbons (Fsp3) is 0.0588. The molecule has 5 nitrogen and oxygen atoms in total. The number of rotatable bonds is 4. The molecular formula is C17H15N3O2. The molecule has 110 valence electrons. The molecule has 5 heteroatoms. The van der Waals surface area contributed by atoms with Gasteiger partial charge in [0, 0.05) is 11.8 Å². The normalized spacial score (nSPS) is 11.8. The van der Waals surface area contributed by atoms with E-state index in [-0.39, 0.29) is 0 Å². The Balaban J connectivity index is 1.95. The molecular weight excluding hydrogens is 278 g/mol. The lowest BCUT2D eigenvalue weighted by molar-refractivity contribution is 0.191. The van der Waals surface area contributed by atoms with Crippen LogP contribution in [0.15, 0.2) is 66.9 Å². The van der Waals surface area contributed by atoms with Gasteiger partial charge in [-0.2, -0.15) is 0 Å². The summed E-state index contributed by atoms with van der Waals surface area (Å²) in [5, 5.41) is 11.6. The summed E-state index contributed by atoms with van der Waals surface area (Å²) in [6.07, 6.45) is 0.691. The predicted octanol–water partition coefficient (Wildman–Crippen LogP) is 3.43. The van der Waals surface area contributed by atoms with Crippen LogP contribution in [-0.2, 0) is 0 Å². The fourth-order valence-electron chi connectivity index (χ4n) is 2.32. The molecule has 3 aromatic rings. The Labute approximate surface area is 127 Å². The molecule has 0 aliphatic rings. The van der Waals surface area contributed by atoms with Crippen molar-refractivity contribution in [2.45, 2.75) is 6.04 Å². The van der Waals surface area contributed by atoms with E-state index in [1.165, 1.54) is 0 Å². The Morgan fingerprint density at radius 2 is 1.68 bits per heavy atom. The van der Waals surface area contributed by atoms with Gasteiger partial charge in [0.25, 0.3) is 0 Å². The van der Waals surface area contributed by atoms with Gasteiger partial charge in [-0.25, -0.2) is 9.78 Å². The van der Waals surface area contributed by atoms with Gasteiger partial charge in [0.05, 0.1) is 5.69 Å². The Morgan fingerprint density at radius 1 is 1.05 bits per heavy atom. The molecule has 1 unspecified atom stereocenters. The Kier molecular flexibility index (Phi) is 3.87. The van der Waals surface area contributed by atoms with Crippen molar-refractivity contribution < 1.29 is 9.90 Å². The van der Waals surface area contributed by atoms with Gasteiger partial charge in [-0.3, -0.25) is 0 Å². The molecule has 0 spiro atoms. The molecule has 1 amide bonds. The molecule has 0 fully saturated rings. The third-order valence-electron chi connectivity index (χ3n) is 3.34. The van der Waals surface area contributed by atoms with Crippen LogP contribution in [-0.4, -0.2) is 21.2 Å². The number of hydrogen-bond acceptors (Lipinski definition) is 2. The van der Waals surface area contributed by atoms with Crippen LogP contribution in [0.25, 0.3) is 11.3 Å². The van der Waals surface area contributed by atoms with E-state index in [0.717, 1.165) is 16.8 Å². The standard InChI is InChI=1S/C17H15N3O2/c21-17(22)20-15(13-9-5-2-6-10-13)16-18-11-14(19-16)12-7-3-1-4-8-12/h1-11,15,20H,(H,18,19)(H,21,22). The first-order valence-corrected chi connectivity index (χ1v) is 6.89. The zero-order valence-corrected chi connectivity index (χ0v) is 11.7. The summed E-state index contributed by atoms with van der Waals surface area (Å²) in [5.74, 6) is 0.562. The number of hydrogen-bond donors (Lipinski definition) is 3. The average molecular weight is 293 g/mol. The number of nitrogens with one attached hydrogen (secondary N) is 2. The van der Waals surface area contributed by atoms with Gasteiger partial charge >= 0.3 is 6.09 Å². The Hall–Kier alpha value is -3.08. The van der Waals surface area contributed by atoms with Crippen molar-refractivity contribution in [2.24, 2.45) is 0 Å². The predicted molar refractivity (Wildman–Crippen MR) is 83.5 cm³/mol. The van der Waals surface area contributed by atoms with E-state index < -0.39 is 12.1 Å². The number of aromatic nitrogens is 2. The van der Waals surface area contributed by atoms with E-state index >= 15 is 0 Å². The van der Waals surface area contributed by atoms with Crippen molar-refractivity contribution in [3.8, 4) is 11.3 Å². The summed E-state index contributed by atoms with van der Waals surface area (Å²) < 4.78 is 0. The van der Waals surface area contributed by atoms with Gasteiger partial charge in [0.2, 0.25) is 0 Å². The number of imidazole rings is 1. The van der Waals surface area contributed by atoms with Crippen molar-refractivity contribution >= 4 is 6.09 Å². The minimum Gasteiger partial charge on any atom is -0.465 e. The van der Waals surface area contributed by atoms with E-state index in [2.05, 4.69) is 15.3 Å². The zero-order chi connectivity index (χ0) is 15.4. The number of benzene rings is 2. The largest absolute Gasteiger partial charge is 0.465 e. The van der Waals surface area contributed by atoms with E-state index in [0.29, 0.717) is 5.82 Å². The molecule has 3 N–H and O–H groups in total. The van der Waals surface area contributed by atoms with Crippen LogP contribution >= 0.6 is 0 Å². The third kappa shape index (κ3) is 2.98. The quantitative estimate of drug-likeness (QED) is 0.689. The fourth-order valence-corrected chi connectivity index (χ4v) is 2.32. The average Bonchev–Trinajstić information content (AvgIpc) is 3.04. The first-order chi connectivity index (χ1) is 10.7. The molecule has 1 atom stereocenters. The van der Waals surface area contributed by atoms with E-state index in [4.69, 9.17) is 5.11 Å². The van der Waals surface area contributed by atoms with Crippen molar-refractivity contribution in [3.05, 3.63) is 78.2 Å². The van der Waals surface area contributed by atoms with Crippen molar-refractivity contribution in [2.75, 3.05) is 0 Å². The van der Waals surface area contributed by atoms with Gasteiger partial charge in [-0.05, 0) is 5.56 Å². The number of aromatic amines is 1. The summed E-state index contributed by atoms with van der Waals surface area (Å²) in [6.45, 7) is 0. The first-order valence-electron chi connectivity index (χ1n) is 6.89. The summed E-state index contributed by atoms with van der Waals surface area (Å²) in [4.78, 5) is 18.7. The Morgan fingerprint density at radius 3 is 2.32 bits per heavy atom. The van der Waals surface area contributed by atoms with E-state index in [1.807, 2.05) is 60.7 Å². The van der Waals surface area contributed by atoms with Gasteiger partial charge in [0.15, 0.2) is 0 Å². The molecule has 0 saturated heterocycles. The van der Waals surface area contributed by atoms with Gasteiger partial charge in [-0.15, -0.1) is 0 Å². The maximum absolute atomic E-state index is 11.1. The van der Waals surface area contributed by atoms with Crippen LogP contribution in [0.5, 0.6) is 0 Å². The van der Waals surface area contributed by atoms with E-state index in [9.17, 15) is 4.79 Å². The SMILES string of the molecule is O=C(O)NC(c1ccccc1)c1nc(-c2ccccc2)c[nH]1. The molecule has 22 heavy (non-hydrogen) atoms. The van der Waals surface area contributed by atoms with E-state index in [1.54, 1.807) is 6.20 Å². The molecule has 0 bridgehead atoms. The minimum atomic E-state index is -1.09. The van der Waals surface area contributed by atoms with Crippen molar-refractivity contribution in [1.29, 1.82) is 0 Å². The van der Waals surface area contributed by atoms with Crippen molar-refractivity contribution in [3.63, 3.8) is 0 Å². The maximum atomic E-state index is 11.1. The third-order valence-corrected chi connectivity index (χ3v) is 3.34. The smallest absolute Gasteiger partial charge is 0.405 e. The number of amides is 1. The highest BCUT2D eigenvalue weighted by Crippen LogP contribution is 2.23. The highest BCUT2D eigenvalue weighted by Gasteiger charge is 2.19. The molecule has 0 aliphatic carbocycles. The number of H-pyrrole nitrogens is 1. The lowest BCUT2D eigenvalue weighted by atomic mass is 10.1. The summed E-state index contributed by atoms with van der Waals surface area (Å²) in [5.41, 5.74) is 2.59. The zero-order valence-electron chi connectivity index (χ0n) is 11.7. The molecule has 1 aromatic heterocycles. The number of carbonyl (C=O) groups is 1. The second-order valence-corrected chi connectivity index (χ2v) is 4.83. The molecule has 0 saturated carbocycles. The lowest BCUT2D eigenvalue weighted by Crippen LogP contribution is -2.28. The molecule has 0 aliphatic heterocycles. The van der Waals surface area contributed by atoms with Crippen LogP contribution in [0.1, 0.15) is 17.4 Å². The highest BCUT2D eigenvalue weighted by atomic mass is 16.4. The topological polar surface area (TPSA) is 78.0 Å². The van der Waals surface area contributed by atoms with Crippen LogP contribution in [0.4, 0.5) is 4.79 Å². The van der Waals surface area contributed by atoms with Gasteiger partial charge in [-0.1, -0.05) is 60.7 Å². The second kappa shape index (κ2) is 6.13. The Bertz CT molecular complexity index is 754. The molecule has 2 aromatic carbocycles.